The summed E-state index contributed by atoms with van der Waals surface area (Å²) in [6.07, 6.45) is -12.3. The van der Waals surface area contributed by atoms with Crippen LogP contribution in [0, 0.1) is 0 Å². The van der Waals surface area contributed by atoms with Crippen LogP contribution in [0.3, 0.4) is 0 Å². The van der Waals surface area contributed by atoms with Gasteiger partial charge in [-0.2, -0.15) is 39.2 Å². The highest BCUT2D eigenvalue weighted by molar-refractivity contribution is 7.87. The molecule has 2 unspecified atom stereocenters. The van der Waals surface area contributed by atoms with Crippen LogP contribution in [0.5, 0.6) is 0 Å². The summed E-state index contributed by atoms with van der Waals surface area (Å²) in [7, 11) is -7.18. The third-order valence-electron chi connectivity index (χ3n) is 1.16. The Kier molecular flexibility index (Phi) is 4.29. The first kappa shape index (κ1) is 16.6. The van der Waals surface area contributed by atoms with Gasteiger partial charge in [-0.1, -0.05) is 15.5 Å². The lowest BCUT2D eigenvalue weighted by molar-refractivity contribution is -0.323. The highest BCUT2D eigenvalue weighted by Crippen LogP contribution is 2.43. The van der Waals surface area contributed by atoms with Gasteiger partial charge in [-0.25, -0.2) is 0 Å². The van der Waals surface area contributed by atoms with Crippen LogP contribution in [-0.2, 0) is 15.0 Å². The predicted octanol–water partition coefficient (Wildman–Crippen LogP) is 2.62. The van der Waals surface area contributed by atoms with Crippen molar-refractivity contribution in [3.8, 4) is 0 Å². The van der Waals surface area contributed by atoms with Crippen LogP contribution in [0.2, 0.25) is 0 Å². The molecular weight excluding hydrogens is 316 g/mol. The lowest BCUT2D eigenvalue weighted by atomic mass is 10.6. The number of hydrogen-bond acceptors (Lipinski definition) is 3. The summed E-state index contributed by atoms with van der Waals surface area (Å²) in [6, 6.07) is 0. The first-order chi connectivity index (χ1) is 7.13. The Labute approximate surface area is 93.5 Å². The number of hydrogen-bond donors (Lipinski definition) is 0. The first-order valence-corrected chi connectivity index (χ1v) is 5.03. The number of rotatable bonds is 3. The summed E-state index contributed by atoms with van der Waals surface area (Å²) in [6.45, 7) is 0. The minimum absolute atomic E-state index is 2.42. The molecule has 13 heteroatoms. The standard InChI is InChI=1S/C4HClF8O3S/c5-1(2(6,7)8)16-4(12,3(9,10)11)17(13,14)15/h1H. The zero-order valence-corrected chi connectivity index (χ0v) is 8.68. The minimum Gasteiger partial charge on any atom is -0.295 e. The van der Waals surface area contributed by atoms with Crippen LogP contribution in [0.15, 0.2) is 0 Å². The van der Waals surface area contributed by atoms with Gasteiger partial charge in [-0.15, -0.1) is 0 Å². The maximum absolute atomic E-state index is 12.7. The van der Waals surface area contributed by atoms with Gasteiger partial charge in [0, 0.05) is 0 Å². The fraction of sp³-hybridized carbons (Fsp3) is 1.00. The first-order valence-electron chi connectivity index (χ1n) is 3.21. The lowest BCUT2D eigenvalue weighted by Gasteiger charge is -2.26. The average Bonchev–Trinajstić information content (AvgIpc) is 1.97. The molecule has 0 spiro atoms. The van der Waals surface area contributed by atoms with Gasteiger partial charge in [0.25, 0.3) is 0 Å². The van der Waals surface area contributed by atoms with Gasteiger partial charge < -0.3 is 0 Å². The Bertz CT molecular complexity index is 373. The number of ether oxygens (including phenoxy) is 1. The number of alkyl halides is 8. The van der Waals surface area contributed by atoms with E-state index in [0.29, 0.717) is 0 Å². The van der Waals surface area contributed by atoms with Crippen LogP contribution in [0.1, 0.15) is 0 Å². The molecule has 0 radical (unpaired) electrons. The smallest absolute Gasteiger partial charge is 0.295 e. The zero-order chi connectivity index (χ0) is 14.3. The molecule has 104 valence electrons. The van der Waals surface area contributed by atoms with Crippen molar-refractivity contribution in [1.82, 2.24) is 0 Å². The van der Waals surface area contributed by atoms with E-state index in [4.69, 9.17) is 0 Å². The Morgan fingerprint density at radius 2 is 1.35 bits per heavy atom. The molecule has 0 aromatic carbocycles. The fourth-order valence-electron chi connectivity index (χ4n) is 0.462. The summed E-state index contributed by atoms with van der Waals surface area (Å²) in [5.74, 6) is 0. The van der Waals surface area contributed by atoms with Crippen LogP contribution >= 0.6 is 11.6 Å². The molecule has 0 saturated heterocycles. The number of halogens is 9. The molecule has 0 fully saturated rings. The molecule has 0 aromatic heterocycles. The van der Waals surface area contributed by atoms with E-state index in [1.807, 2.05) is 0 Å². The summed E-state index contributed by atoms with van der Waals surface area (Å²) in [4.78, 5) is 0. The van der Waals surface area contributed by atoms with Gasteiger partial charge in [0.2, 0.25) is 5.56 Å². The Balaban J connectivity index is 5.43. The van der Waals surface area contributed by atoms with Crippen LogP contribution < -0.4 is 0 Å². The molecule has 0 N–H and O–H groups in total. The Morgan fingerprint density at radius 1 is 1.00 bits per heavy atom. The summed E-state index contributed by atoms with van der Waals surface area (Å²) >= 11 is 4.14. The van der Waals surface area contributed by atoms with Gasteiger partial charge in [0.05, 0.1) is 0 Å². The van der Waals surface area contributed by atoms with E-state index < -0.39 is 33.3 Å². The van der Waals surface area contributed by atoms with Crippen LogP contribution in [0.4, 0.5) is 34.6 Å². The van der Waals surface area contributed by atoms with Gasteiger partial charge in [-0.3, -0.25) is 4.74 Å². The quantitative estimate of drug-likeness (QED) is 0.457. The third-order valence-corrected chi connectivity index (χ3v) is 2.46. The molecule has 0 aliphatic rings. The van der Waals surface area contributed by atoms with E-state index in [1.165, 1.54) is 0 Å². The van der Waals surface area contributed by atoms with Crippen LogP contribution in [-0.4, -0.2) is 31.5 Å². The Morgan fingerprint density at radius 3 is 1.53 bits per heavy atom. The van der Waals surface area contributed by atoms with E-state index >= 15 is 0 Å². The normalized spacial score (nSPS) is 19.8. The molecule has 2 atom stereocenters. The van der Waals surface area contributed by atoms with Gasteiger partial charge in [0.15, 0.2) is 0 Å². The molecule has 0 aromatic rings. The molecule has 0 bridgehead atoms. The second kappa shape index (κ2) is 4.39. The van der Waals surface area contributed by atoms with Gasteiger partial charge >= 0.3 is 27.8 Å². The molecule has 0 rings (SSSR count). The van der Waals surface area contributed by atoms with Crippen molar-refractivity contribution >= 4 is 21.8 Å². The molecule has 0 aliphatic heterocycles. The lowest BCUT2D eigenvalue weighted by Crippen LogP contribution is -2.52. The third kappa shape index (κ3) is 3.55. The summed E-state index contributed by atoms with van der Waals surface area (Å²) < 4.78 is 117. The summed E-state index contributed by atoms with van der Waals surface area (Å²) in [5.41, 5.74) is -4.00. The van der Waals surface area contributed by atoms with Crippen molar-refractivity contribution in [2.24, 2.45) is 0 Å². The highest BCUT2D eigenvalue weighted by atomic mass is 35.5. The molecule has 0 saturated carbocycles. The zero-order valence-electron chi connectivity index (χ0n) is 7.11. The van der Waals surface area contributed by atoms with E-state index in [9.17, 15) is 43.0 Å². The van der Waals surface area contributed by atoms with E-state index in [-0.39, 0.29) is 0 Å². The topological polar surface area (TPSA) is 43.4 Å². The Hall–Kier alpha value is -0.360. The van der Waals surface area contributed by atoms with Crippen molar-refractivity contribution in [3.63, 3.8) is 0 Å². The highest BCUT2D eigenvalue weighted by Gasteiger charge is 2.71. The molecule has 0 amide bonds. The monoisotopic (exact) mass is 316 g/mol. The van der Waals surface area contributed by atoms with E-state index in [1.54, 1.807) is 0 Å². The molecule has 17 heavy (non-hydrogen) atoms. The van der Waals surface area contributed by atoms with Gasteiger partial charge in [0.1, 0.15) is 0 Å². The fourth-order valence-corrected chi connectivity index (χ4v) is 1.13. The van der Waals surface area contributed by atoms with Crippen molar-refractivity contribution < 1.29 is 47.8 Å². The van der Waals surface area contributed by atoms with E-state index in [0.717, 1.165) is 0 Å². The molecule has 0 aliphatic carbocycles. The maximum atomic E-state index is 12.7. The van der Waals surface area contributed by atoms with E-state index in [2.05, 4.69) is 16.3 Å². The average molecular weight is 317 g/mol. The molecule has 0 heterocycles. The van der Waals surface area contributed by atoms with Crippen molar-refractivity contribution in [1.29, 1.82) is 0 Å². The van der Waals surface area contributed by atoms with Crippen molar-refractivity contribution in [2.45, 2.75) is 23.1 Å². The molecule has 3 nitrogen and oxygen atoms in total. The van der Waals surface area contributed by atoms with Crippen LogP contribution in [0.25, 0.3) is 0 Å². The second-order valence-corrected chi connectivity index (χ2v) is 4.24. The SMILES string of the molecule is O=S(=O)(F)C(F)(OC(Cl)C(F)(F)F)C(F)(F)F. The maximum Gasteiger partial charge on any atom is 0.467 e. The minimum atomic E-state index is -7.18. The summed E-state index contributed by atoms with van der Waals surface area (Å²) in [5, 5.41) is -6.19. The van der Waals surface area contributed by atoms with Gasteiger partial charge in [-0.05, 0) is 0 Å². The largest absolute Gasteiger partial charge is 0.467 e. The second-order valence-electron chi connectivity index (χ2n) is 2.45. The van der Waals surface area contributed by atoms with Crippen molar-refractivity contribution in [2.75, 3.05) is 0 Å². The molecular formula is C4HClF8O3S. The predicted molar refractivity (Wildman–Crippen MR) is 36.7 cm³/mol. The van der Waals surface area contributed by atoms with Crippen molar-refractivity contribution in [3.05, 3.63) is 0 Å².